The number of carboxylic acid groups (broad SMARTS) is 3. The van der Waals surface area contributed by atoms with Crippen molar-refractivity contribution in [2.45, 2.75) is 58.4 Å². The number of piperazine rings is 1. The number of aromatic hydroxyl groups is 3. The number of aliphatic imine (C=N–C) groups is 3. The number of amides is 3. The number of aromatic carboxylic acids is 3. The molecule has 0 atom stereocenters. The Morgan fingerprint density at radius 3 is 1.25 bits per heavy atom. The van der Waals surface area contributed by atoms with Crippen LogP contribution in [0, 0.1) is 5.82 Å². The van der Waals surface area contributed by atoms with Crippen LogP contribution in [0.5, 0.6) is 17.6 Å². The summed E-state index contributed by atoms with van der Waals surface area (Å²) in [5, 5.41) is 66.9. The summed E-state index contributed by atoms with van der Waals surface area (Å²) in [5.41, 5.74) is 15.0. The van der Waals surface area contributed by atoms with Crippen LogP contribution in [-0.2, 0) is 53.5 Å². The molecule has 4 aromatic heterocycles. The van der Waals surface area contributed by atoms with Gasteiger partial charge in [-0.1, -0.05) is 97.4 Å². The third-order valence-corrected chi connectivity index (χ3v) is 22.1. The number of nitrogens with one attached hydrogen (secondary N) is 3. The van der Waals surface area contributed by atoms with Gasteiger partial charge in [-0.25, -0.2) is 33.8 Å². The van der Waals surface area contributed by atoms with Gasteiger partial charge in [0.2, 0.25) is 17.7 Å². The van der Waals surface area contributed by atoms with Crippen molar-refractivity contribution in [1.82, 2.24) is 49.2 Å². The second kappa shape index (κ2) is 33.7. The van der Waals surface area contributed by atoms with Crippen molar-refractivity contribution in [3.8, 4) is 17.6 Å². The first-order chi connectivity index (χ1) is 57.2. The fourth-order valence-corrected chi connectivity index (χ4v) is 15.9. The van der Waals surface area contributed by atoms with E-state index >= 15 is 0 Å². The molecule has 0 saturated carbocycles. The number of hydrogen-bond donors (Lipinski definition) is 9. The fraction of sp³-hybridized carbons (Fsp3) is 0.209. The summed E-state index contributed by atoms with van der Waals surface area (Å²) < 4.78 is 15.3. The van der Waals surface area contributed by atoms with Crippen LogP contribution in [-0.4, -0.2) is 199 Å². The molecule has 5 aliphatic heterocycles. The molecular weight excluding hydrogens is 1500 g/mol. The van der Waals surface area contributed by atoms with Crippen LogP contribution in [0.4, 0.5) is 27.1 Å². The minimum atomic E-state index is -1.09. The van der Waals surface area contributed by atoms with Crippen molar-refractivity contribution in [3.05, 3.63) is 296 Å². The summed E-state index contributed by atoms with van der Waals surface area (Å²) in [6.07, 6.45) is 7.59. The highest BCUT2D eigenvalue weighted by molar-refractivity contribution is 6.24. The number of nitrogens with zero attached hydrogens (tertiary/aromatic N) is 11. The molecule has 3 amide bonds. The van der Waals surface area contributed by atoms with Gasteiger partial charge in [0.1, 0.15) is 12.4 Å². The number of aromatic nitrogens is 5. The Balaban J connectivity index is 0.000000132. The fourth-order valence-electron chi connectivity index (χ4n) is 15.9. The summed E-state index contributed by atoms with van der Waals surface area (Å²) >= 11 is 0. The van der Waals surface area contributed by atoms with E-state index in [2.05, 4.69) is 41.8 Å². The van der Waals surface area contributed by atoms with Crippen LogP contribution >= 0.6 is 0 Å². The van der Waals surface area contributed by atoms with Crippen molar-refractivity contribution < 1.29 is 63.8 Å². The smallest absolute Gasteiger partial charge is 0.335 e. The lowest BCUT2D eigenvalue weighted by atomic mass is 10.00. The molecule has 0 bridgehead atoms. The Kier molecular flexibility index (Phi) is 22.2. The zero-order chi connectivity index (χ0) is 81.8. The molecular formula is C91H83FN14O12. The number of anilines is 1. The van der Waals surface area contributed by atoms with Gasteiger partial charge in [0, 0.05) is 126 Å². The third-order valence-electron chi connectivity index (χ3n) is 22.1. The Hall–Kier alpha value is -14.2. The summed E-state index contributed by atoms with van der Waals surface area (Å²) in [6.45, 7) is 9.64. The number of carboxylic acids is 3. The minimum Gasteiger partial charge on any atom is -0.494 e. The van der Waals surface area contributed by atoms with Crippen LogP contribution in [0.25, 0.3) is 32.7 Å². The standard InChI is InChI=1S/C31H31N5O4.C31H30N4O4.C29H22FN5O4/c1-34-11-13-35(14-12-34)19-27(37)36-17-22-7-9-24(15-23(22)18-36)32-29(20-5-3-2-4-6-20)28-25-10-8-21(31(39)40)16-26(25)33-30(28)38;36-27(19-34-13-5-2-6-14-34)35-17-22-9-11-24(15-23(22)18-35)32-29(20-7-3-1-4-8-20)28-25-12-10-21(31(38)39)16-26(25)33-30(28)37;30-20-5-2-17(3-6-20)27(26-22-8-4-19(29(38)39)15-23(22)33-28(26)37)32-21-7-9-24-18(14-21)10-13-35(24)25(36)16-34-12-1-11-31-34/h2-10,15-16,33,38H,11-14,17-19H2,1H3,(H,39,40);1,3-4,7-12,15-16,33,37H,2,5-6,13-14,17-19H2,(H,38,39);1-9,11-12,14-15,33,37H,10,13,16H2,(H,38,39). The molecule has 27 heteroatoms. The number of likely N-dealkylation sites (tertiary alicyclic amines) is 1. The van der Waals surface area contributed by atoms with Gasteiger partial charge < -0.3 is 65.2 Å². The first-order valence-electron chi connectivity index (χ1n) is 38.9. The normalized spacial score (nSPS) is 15.2. The summed E-state index contributed by atoms with van der Waals surface area (Å²) in [5.74, 6) is -3.69. The monoisotopic (exact) mass is 1580 g/mol. The summed E-state index contributed by atoms with van der Waals surface area (Å²) in [6, 6.07) is 58.1. The average molecular weight is 1580 g/mol. The number of H-pyrrole nitrogens is 3. The highest BCUT2D eigenvalue weighted by Gasteiger charge is 2.32. The number of aromatic amines is 3. The second-order valence-electron chi connectivity index (χ2n) is 30.0. The second-order valence-corrected chi connectivity index (χ2v) is 30.0. The van der Waals surface area contributed by atoms with E-state index in [0.29, 0.717) is 141 Å². The molecule has 26 nitrogen and oxygen atoms in total. The zero-order valence-corrected chi connectivity index (χ0v) is 64.4. The van der Waals surface area contributed by atoms with Crippen molar-refractivity contribution in [2.24, 2.45) is 15.0 Å². The molecule has 0 spiro atoms. The molecule has 13 aromatic rings. The van der Waals surface area contributed by atoms with Crippen molar-refractivity contribution in [1.29, 1.82) is 0 Å². The maximum Gasteiger partial charge on any atom is 0.335 e. The number of rotatable bonds is 18. The predicted molar refractivity (Wildman–Crippen MR) is 446 cm³/mol. The molecule has 5 aliphatic rings. The van der Waals surface area contributed by atoms with Gasteiger partial charge in [0.05, 0.1) is 80.7 Å². The van der Waals surface area contributed by atoms with Gasteiger partial charge >= 0.3 is 17.9 Å². The maximum absolute atomic E-state index is 13.8. The Bertz CT molecular complexity index is 6140. The molecule has 2 saturated heterocycles. The quantitative estimate of drug-likeness (QED) is 0.0360. The molecule has 2 fully saturated rings. The topological polar surface area (TPSA) is 346 Å². The number of halogens is 1. The van der Waals surface area contributed by atoms with Crippen LogP contribution in [0.3, 0.4) is 0 Å². The molecule has 9 heterocycles. The molecule has 118 heavy (non-hydrogen) atoms. The molecule has 0 radical (unpaired) electrons. The maximum atomic E-state index is 13.8. The SMILES string of the molecule is CN1CCN(CC(=O)N2Cc3ccc(N=C(c4ccccc4)c4c(O)[nH]c5cc(C(=O)O)ccc45)cc3C2)CC1.O=C(O)c1ccc2c(C(=Nc3ccc4c(c3)CCN4C(=O)Cn3cccn3)c3ccc(F)cc3)c(O)[nH]c2c1.O=C(O)c1ccc2c(C(=Nc3ccc4c(c3)CN(C(=O)CN3CCCCC3)C4)c3ccccc3)c(O)[nH]c2c1. The first-order valence-corrected chi connectivity index (χ1v) is 38.9. The summed E-state index contributed by atoms with van der Waals surface area (Å²) in [4.78, 5) is 109. The van der Waals surface area contributed by atoms with E-state index in [9.17, 15) is 63.8 Å². The number of fused-ring (bicyclic) bond motifs is 6. The van der Waals surface area contributed by atoms with E-state index in [-0.39, 0.29) is 58.6 Å². The van der Waals surface area contributed by atoms with E-state index < -0.39 is 23.7 Å². The van der Waals surface area contributed by atoms with Crippen LogP contribution < -0.4 is 4.90 Å². The van der Waals surface area contributed by atoms with Gasteiger partial charge in [0.25, 0.3) is 0 Å². The predicted octanol–water partition coefficient (Wildman–Crippen LogP) is 13.6. The van der Waals surface area contributed by atoms with Crippen LogP contribution in [0.1, 0.15) is 112 Å². The van der Waals surface area contributed by atoms with E-state index in [1.54, 1.807) is 64.4 Å². The number of piperidine rings is 1. The van der Waals surface area contributed by atoms with E-state index in [1.807, 2.05) is 119 Å². The minimum absolute atomic E-state index is 0.0647. The number of carbonyl (C=O) groups is 6. The summed E-state index contributed by atoms with van der Waals surface area (Å²) in [7, 11) is 2.11. The lowest BCUT2D eigenvalue weighted by molar-refractivity contribution is -0.134. The molecule has 18 rings (SSSR count). The molecule has 9 N–H and O–H groups in total. The number of hydrogen-bond acceptors (Lipinski definition) is 16. The van der Waals surface area contributed by atoms with Crippen molar-refractivity contribution in [2.75, 3.05) is 70.9 Å². The number of likely N-dealkylation sites (N-methyl/N-ethyl adjacent to an activating group) is 1. The van der Waals surface area contributed by atoms with Gasteiger partial charge in [-0.15, -0.1) is 0 Å². The Morgan fingerprint density at radius 2 is 0.814 bits per heavy atom. The molecule has 0 unspecified atom stereocenters. The number of benzene rings is 9. The highest BCUT2D eigenvalue weighted by atomic mass is 19.1. The lowest BCUT2D eigenvalue weighted by Gasteiger charge is -2.32. The van der Waals surface area contributed by atoms with Crippen LogP contribution in [0.15, 0.2) is 228 Å². The number of carbonyl (C=O) groups excluding carboxylic acids is 3. The molecule has 596 valence electrons. The van der Waals surface area contributed by atoms with E-state index in [0.717, 1.165) is 96.7 Å². The van der Waals surface area contributed by atoms with Crippen LogP contribution in [0.2, 0.25) is 0 Å². The first kappa shape index (κ1) is 77.8. The zero-order valence-electron chi connectivity index (χ0n) is 64.4. The Labute approximate surface area is 676 Å². The lowest BCUT2D eigenvalue weighted by Crippen LogP contribution is -2.48. The van der Waals surface area contributed by atoms with Crippen molar-refractivity contribution >= 4 is 108 Å². The van der Waals surface area contributed by atoms with Gasteiger partial charge in [0.15, 0.2) is 17.6 Å². The van der Waals surface area contributed by atoms with Gasteiger partial charge in [-0.3, -0.25) is 28.9 Å². The van der Waals surface area contributed by atoms with Gasteiger partial charge in [-0.05, 0) is 176 Å². The molecule has 9 aromatic carbocycles. The van der Waals surface area contributed by atoms with E-state index in [4.69, 9.17) is 15.0 Å². The Morgan fingerprint density at radius 1 is 0.407 bits per heavy atom. The highest BCUT2D eigenvalue weighted by Crippen LogP contribution is 2.39. The van der Waals surface area contributed by atoms with Gasteiger partial charge in [-0.2, -0.15) is 5.10 Å². The molecule has 0 aliphatic carbocycles. The van der Waals surface area contributed by atoms with E-state index in [1.165, 1.54) is 55.0 Å². The average Bonchev–Trinajstić information content (AvgIpc) is 1.62. The largest absolute Gasteiger partial charge is 0.494 e. The van der Waals surface area contributed by atoms with Crippen molar-refractivity contribution in [3.63, 3.8) is 0 Å². The third kappa shape index (κ3) is 16.9.